The minimum absolute atomic E-state index is 0.0451. The maximum Gasteiger partial charge on any atom is 0.315 e. The molecule has 2 aromatic carbocycles. The van der Waals surface area contributed by atoms with Gasteiger partial charge in [-0.1, -0.05) is 48.5 Å². The lowest BCUT2D eigenvalue weighted by atomic mass is 9.86. The molecule has 1 fully saturated rings. The van der Waals surface area contributed by atoms with Crippen molar-refractivity contribution in [1.82, 2.24) is 16.0 Å². The van der Waals surface area contributed by atoms with Crippen LogP contribution in [0.4, 0.5) is 10.5 Å². The first-order chi connectivity index (χ1) is 18.4. The number of aliphatic carboxylic acids is 1. The van der Waals surface area contributed by atoms with Crippen molar-refractivity contribution in [3.63, 3.8) is 0 Å². The van der Waals surface area contributed by atoms with Crippen molar-refractivity contribution < 1.29 is 24.3 Å². The highest BCUT2D eigenvalue weighted by molar-refractivity contribution is 6.00. The van der Waals surface area contributed by atoms with Gasteiger partial charge in [0, 0.05) is 31.2 Å². The number of rotatable bonds is 9. The summed E-state index contributed by atoms with van der Waals surface area (Å²) in [6.45, 7) is 0.920. The van der Waals surface area contributed by atoms with Crippen LogP contribution in [0.1, 0.15) is 62.0 Å². The van der Waals surface area contributed by atoms with Crippen LogP contribution in [0.2, 0.25) is 0 Å². The third-order valence-electron chi connectivity index (χ3n) is 7.46. The number of nitrogens with one attached hydrogen (secondary N) is 3. The number of carboxylic acid groups (broad SMARTS) is 1. The number of hydrogen-bond donors (Lipinski definition) is 4. The summed E-state index contributed by atoms with van der Waals surface area (Å²) < 4.78 is 0. The maximum absolute atomic E-state index is 12.9. The summed E-state index contributed by atoms with van der Waals surface area (Å²) in [4.78, 5) is 50.7. The summed E-state index contributed by atoms with van der Waals surface area (Å²) in [5, 5.41) is 18.2. The first-order valence-corrected chi connectivity index (χ1v) is 13.3. The molecule has 0 spiro atoms. The van der Waals surface area contributed by atoms with Gasteiger partial charge in [0.15, 0.2) is 0 Å². The Morgan fingerprint density at radius 2 is 1.61 bits per heavy atom. The van der Waals surface area contributed by atoms with E-state index in [2.05, 4.69) is 16.0 Å². The molecule has 4 N–H and O–H groups in total. The van der Waals surface area contributed by atoms with Crippen LogP contribution in [-0.4, -0.2) is 48.1 Å². The zero-order chi connectivity index (χ0) is 26.9. The number of carbonyl (C=O) groups is 4. The van der Waals surface area contributed by atoms with E-state index in [4.69, 9.17) is 0 Å². The molecule has 1 unspecified atom stereocenters. The lowest BCUT2D eigenvalue weighted by molar-refractivity contribution is -0.137. The number of carbonyl (C=O) groups excluding carboxylic acids is 3. The molecule has 38 heavy (non-hydrogen) atoms. The van der Waals surface area contributed by atoms with Crippen molar-refractivity contribution in [2.45, 2.75) is 63.5 Å². The smallest absolute Gasteiger partial charge is 0.315 e. The number of benzene rings is 2. The summed E-state index contributed by atoms with van der Waals surface area (Å²) in [5.41, 5.74) is 2.47. The van der Waals surface area contributed by atoms with Crippen LogP contribution in [0.3, 0.4) is 0 Å². The third kappa shape index (κ3) is 7.57. The van der Waals surface area contributed by atoms with Crippen molar-refractivity contribution in [2.24, 2.45) is 5.92 Å². The van der Waals surface area contributed by atoms with Crippen LogP contribution in [0.25, 0.3) is 0 Å². The summed E-state index contributed by atoms with van der Waals surface area (Å²) in [7, 11) is 0. The Bertz CT molecular complexity index is 1130. The number of anilines is 1. The normalized spacial score (nSPS) is 21.1. The fourth-order valence-corrected chi connectivity index (χ4v) is 5.38. The molecular formula is C29H36N4O5. The quantitative estimate of drug-likeness (QED) is 0.402. The minimum atomic E-state index is -0.902. The Hall–Kier alpha value is -3.88. The average Bonchev–Trinajstić information content (AvgIpc) is 3.04. The molecule has 4 amide bonds. The van der Waals surface area contributed by atoms with E-state index in [1.165, 1.54) is 4.90 Å². The second kappa shape index (κ2) is 13.1. The van der Waals surface area contributed by atoms with Gasteiger partial charge in [-0.25, -0.2) is 4.79 Å². The Morgan fingerprint density at radius 3 is 2.34 bits per heavy atom. The second-order valence-electron chi connectivity index (χ2n) is 10.2. The summed E-state index contributed by atoms with van der Waals surface area (Å²) in [5.74, 6) is -1.24. The second-order valence-corrected chi connectivity index (χ2v) is 10.2. The standard InChI is InChI=1S/C29H36N4O5/c34-26(19-33-25-9-5-4-8-24(25)22(16-28(36)37)12-15-27(33)35)30-17-21-10-13-23(14-11-21)32-29(38)31-18-20-6-2-1-3-7-20/h1-9,21-23H,10-19H2,(H,30,34)(H,36,37)(H2,31,32,38). The van der Waals surface area contributed by atoms with Crippen LogP contribution < -0.4 is 20.9 Å². The van der Waals surface area contributed by atoms with Gasteiger partial charge in [-0.2, -0.15) is 0 Å². The zero-order valence-electron chi connectivity index (χ0n) is 21.5. The minimum Gasteiger partial charge on any atom is -0.481 e. The molecule has 202 valence electrons. The first kappa shape index (κ1) is 27.2. The molecule has 0 saturated heterocycles. The summed E-state index contributed by atoms with van der Waals surface area (Å²) >= 11 is 0. The topological polar surface area (TPSA) is 128 Å². The Labute approximate surface area is 223 Å². The van der Waals surface area contributed by atoms with E-state index in [0.29, 0.717) is 31.1 Å². The number of carboxylic acids is 1. The van der Waals surface area contributed by atoms with Crippen molar-refractivity contribution in [2.75, 3.05) is 18.0 Å². The largest absolute Gasteiger partial charge is 0.481 e. The van der Waals surface area contributed by atoms with Gasteiger partial charge in [0.25, 0.3) is 0 Å². The number of hydrogen-bond acceptors (Lipinski definition) is 4. The first-order valence-electron chi connectivity index (χ1n) is 13.3. The molecule has 1 aliphatic carbocycles. The van der Waals surface area contributed by atoms with Crippen LogP contribution in [-0.2, 0) is 20.9 Å². The highest BCUT2D eigenvalue weighted by Crippen LogP contribution is 2.36. The number of fused-ring (bicyclic) bond motifs is 1. The van der Waals surface area contributed by atoms with E-state index in [1.54, 1.807) is 12.1 Å². The highest BCUT2D eigenvalue weighted by Gasteiger charge is 2.30. The van der Waals surface area contributed by atoms with Crippen LogP contribution in [0.5, 0.6) is 0 Å². The molecule has 2 aromatic rings. The lowest BCUT2D eigenvalue weighted by Crippen LogP contribution is -2.45. The third-order valence-corrected chi connectivity index (χ3v) is 7.46. The zero-order valence-corrected chi connectivity index (χ0v) is 21.5. The van der Waals surface area contributed by atoms with Gasteiger partial charge in [0.1, 0.15) is 6.54 Å². The molecule has 1 saturated carbocycles. The van der Waals surface area contributed by atoms with Crippen molar-refractivity contribution in [3.8, 4) is 0 Å². The van der Waals surface area contributed by atoms with Gasteiger partial charge in [-0.05, 0) is 61.1 Å². The molecule has 0 bridgehead atoms. The van der Waals surface area contributed by atoms with Crippen LogP contribution in [0, 0.1) is 5.92 Å². The van der Waals surface area contributed by atoms with Crippen LogP contribution >= 0.6 is 0 Å². The molecule has 1 heterocycles. The molecule has 1 atom stereocenters. The predicted octanol–water partition coefficient (Wildman–Crippen LogP) is 3.55. The monoisotopic (exact) mass is 520 g/mol. The number of amides is 4. The summed E-state index contributed by atoms with van der Waals surface area (Å²) in [6.07, 6.45) is 4.09. The highest BCUT2D eigenvalue weighted by atomic mass is 16.4. The molecule has 2 aliphatic rings. The fourth-order valence-electron chi connectivity index (χ4n) is 5.38. The Morgan fingerprint density at radius 1 is 0.895 bits per heavy atom. The number of urea groups is 1. The van der Waals surface area contributed by atoms with Crippen molar-refractivity contribution >= 4 is 29.5 Å². The Balaban J connectivity index is 1.21. The molecule has 1 aliphatic heterocycles. The molecule has 9 nitrogen and oxygen atoms in total. The predicted molar refractivity (Wildman–Crippen MR) is 144 cm³/mol. The van der Waals surface area contributed by atoms with Gasteiger partial charge < -0.3 is 26.0 Å². The van der Waals surface area contributed by atoms with Crippen molar-refractivity contribution in [1.29, 1.82) is 0 Å². The molecule has 0 aromatic heterocycles. The Kier molecular flexibility index (Phi) is 9.35. The van der Waals surface area contributed by atoms with Gasteiger partial charge in [-0.15, -0.1) is 0 Å². The molecule has 9 heteroatoms. The number of nitrogens with zero attached hydrogens (tertiary/aromatic N) is 1. The van der Waals surface area contributed by atoms with E-state index in [0.717, 1.165) is 36.8 Å². The summed E-state index contributed by atoms with van der Waals surface area (Å²) in [6, 6.07) is 17.0. The van der Waals surface area contributed by atoms with Gasteiger partial charge in [-0.3, -0.25) is 14.4 Å². The van der Waals surface area contributed by atoms with Gasteiger partial charge >= 0.3 is 12.0 Å². The lowest BCUT2D eigenvalue weighted by Gasteiger charge is -2.29. The molecule has 0 radical (unpaired) electrons. The molecule has 4 rings (SSSR count). The van der Waals surface area contributed by atoms with E-state index < -0.39 is 5.97 Å². The van der Waals surface area contributed by atoms with Gasteiger partial charge in [0.2, 0.25) is 11.8 Å². The molecular weight excluding hydrogens is 484 g/mol. The van der Waals surface area contributed by atoms with E-state index in [1.807, 2.05) is 42.5 Å². The number of para-hydroxylation sites is 1. The van der Waals surface area contributed by atoms with E-state index in [9.17, 15) is 24.3 Å². The van der Waals surface area contributed by atoms with E-state index >= 15 is 0 Å². The van der Waals surface area contributed by atoms with Gasteiger partial charge in [0.05, 0.1) is 6.42 Å². The van der Waals surface area contributed by atoms with E-state index in [-0.39, 0.29) is 49.2 Å². The fraction of sp³-hybridized carbons (Fsp3) is 0.448. The average molecular weight is 521 g/mol. The van der Waals surface area contributed by atoms with Crippen molar-refractivity contribution in [3.05, 3.63) is 65.7 Å². The SMILES string of the molecule is O=C(O)CC1CCC(=O)N(CC(=O)NCC2CCC(NC(=O)NCc3ccccc3)CC2)c2ccccc21. The van der Waals surface area contributed by atoms with Crippen LogP contribution in [0.15, 0.2) is 54.6 Å². The maximum atomic E-state index is 12.9.